The Morgan fingerprint density at radius 1 is 1.19 bits per heavy atom. The Labute approximate surface area is 154 Å². The maximum Gasteiger partial charge on any atom is 0.321 e. The van der Waals surface area contributed by atoms with E-state index in [4.69, 9.17) is 4.84 Å². The van der Waals surface area contributed by atoms with Gasteiger partial charge in [0.2, 0.25) is 0 Å². The Kier molecular flexibility index (Phi) is 5.56. The minimum atomic E-state index is -0.120. The van der Waals surface area contributed by atoms with Crippen LogP contribution in [-0.4, -0.2) is 35.8 Å². The van der Waals surface area contributed by atoms with Crippen LogP contribution in [0, 0.1) is 13.8 Å². The quantitative estimate of drug-likeness (QED) is 0.871. The van der Waals surface area contributed by atoms with E-state index in [1.807, 2.05) is 38.1 Å². The summed E-state index contributed by atoms with van der Waals surface area (Å²) in [5.41, 5.74) is 5.14. The molecule has 1 atom stereocenters. The van der Waals surface area contributed by atoms with Gasteiger partial charge in [-0.2, -0.15) is 0 Å². The number of hydrogen-bond donors (Lipinski definition) is 1. The van der Waals surface area contributed by atoms with Gasteiger partial charge in [-0.25, -0.2) is 4.79 Å². The molecule has 0 saturated carbocycles. The molecule has 5 nitrogen and oxygen atoms in total. The van der Waals surface area contributed by atoms with Gasteiger partial charge >= 0.3 is 6.03 Å². The topological polar surface area (TPSA) is 53.9 Å². The van der Waals surface area contributed by atoms with Crippen molar-refractivity contribution < 1.29 is 9.63 Å². The van der Waals surface area contributed by atoms with E-state index in [2.05, 4.69) is 41.7 Å². The minimum absolute atomic E-state index is 0.116. The van der Waals surface area contributed by atoms with Gasteiger partial charge in [0.25, 0.3) is 0 Å². The highest BCUT2D eigenvalue weighted by Gasteiger charge is 2.26. The lowest BCUT2D eigenvalue weighted by Crippen LogP contribution is -2.40. The van der Waals surface area contributed by atoms with Crippen molar-refractivity contribution in [1.82, 2.24) is 4.90 Å². The normalized spacial score (nSPS) is 16.0. The summed E-state index contributed by atoms with van der Waals surface area (Å²) in [5.74, 6) is 0. The predicted molar refractivity (Wildman–Crippen MR) is 105 cm³/mol. The summed E-state index contributed by atoms with van der Waals surface area (Å²) in [5, 5.41) is 7.17. The number of urea groups is 1. The molecule has 0 radical (unpaired) electrons. The summed E-state index contributed by atoms with van der Waals surface area (Å²) in [6.07, 6.45) is 0.589. The Morgan fingerprint density at radius 2 is 1.96 bits per heavy atom. The molecule has 2 amide bonds. The Bertz CT molecular complexity index is 799. The monoisotopic (exact) mass is 351 g/mol. The van der Waals surface area contributed by atoms with E-state index in [1.165, 1.54) is 5.56 Å². The van der Waals surface area contributed by atoms with Crippen molar-refractivity contribution in [2.75, 3.05) is 18.4 Å². The van der Waals surface area contributed by atoms with Gasteiger partial charge in [0.05, 0.1) is 12.3 Å². The van der Waals surface area contributed by atoms with Gasteiger partial charge in [0.15, 0.2) is 6.10 Å². The van der Waals surface area contributed by atoms with Crippen LogP contribution in [0.15, 0.2) is 53.7 Å². The molecule has 136 valence electrons. The Hall–Kier alpha value is -2.82. The zero-order chi connectivity index (χ0) is 18.5. The van der Waals surface area contributed by atoms with Crippen LogP contribution in [0.2, 0.25) is 0 Å². The molecule has 0 saturated heterocycles. The SMILES string of the molecule is CCN(CC1CC(c2ccc(C)cc2)=NO1)C(=O)Nc1cccc(C)c1. The number of carbonyl (C=O) groups excluding carboxylic acids is 1. The van der Waals surface area contributed by atoms with Crippen LogP contribution in [0.25, 0.3) is 0 Å². The van der Waals surface area contributed by atoms with Crippen molar-refractivity contribution in [1.29, 1.82) is 0 Å². The van der Waals surface area contributed by atoms with Crippen molar-refractivity contribution in [2.45, 2.75) is 33.3 Å². The van der Waals surface area contributed by atoms with Crippen molar-refractivity contribution in [3.63, 3.8) is 0 Å². The fourth-order valence-corrected chi connectivity index (χ4v) is 2.97. The molecular weight excluding hydrogens is 326 g/mol. The lowest BCUT2D eigenvalue weighted by molar-refractivity contribution is 0.0633. The molecule has 0 aromatic heterocycles. The zero-order valence-corrected chi connectivity index (χ0v) is 15.5. The van der Waals surface area contributed by atoms with Crippen molar-refractivity contribution in [2.24, 2.45) is 5.16 Å². The molecule has 1 heterocycles. The fraction of sp³-hybridized carbons (Fsp3) is 0.333. The van der Waals surface area contributed by atoms with Gasteiger partial charge in [-0.1, -0.05) is 47.1 Å². The molecule has 3 rings (SSSR count). The van der Waals surface area contributed by atoms with E-state index in [0.29, 0.717) is 19.5 Å². The summed E-state index contributed by atoms with van der Waals surface area (Å²) in [4.78, 5) is 19.9. The second-order valence-electron chi connectivity index (χ2n) is 6.67. The number of carbonyl (C=O) groups is 1. The molecule has 0 aliphatic carbocycles. The molecule has 0 fully saturated rings. The first-order chi connectivity index (χ1) is 12.5. The second-order valence-corrected chi connectivity index (χ2v) is 6.67. The molecule has 1 N–H and O–H groups in total. The first-order valence-corrected chi connectivity index (χ1v) is 8.97. The van der Waals surface area contributed by atoms with Crippen LogP contribution in [0.3, 0.4) is 0 Å². The van der Waals surface area contributed by atoms with Crippen molar-refractivity contribution in [3.8, 4) is 0 Å². The molecule has 1 aliphatic heterocycles. The van der Waals surface area contributed by atoms with Crippen LogP contribution in [0.4, 0.5) is 10.5 Å². The standard InChI is InChI=1S/C21H25N3O2/c1-4-24(21(25)22-18-7-5-6-16(3)12-18)14-19-13-20(23-26-19)17-10-8-15(2)9-11-17/h5-12,19H,4,13-14H2,1-3H3,(H,22,25). The van der Waals surface area contributed by atoms with Gasteiger partial charge in [-0.3, -0.25) is 0 Å². The van der Waals surface area contributed by atoms with E-state index in [9.17, 15) is 4.79 Å². The minimum Gasteiger partial charge on any atom is -0.390 e. The number of benzene rings is 2. The molecule has 2 aromatic carbocycles. The molecule has 1 aliphatic rings. The highest BCUT2D eigenvalue weighted by atomic mass is 16.6. The lowest BCUT2D eigenvalue weighted by Gasteiger charge is -2.23. The molecule has 0 spiro atoms. The maximum absolute atomic E-state index is 12.6. The highest BCUT2D eigenvalue weighted by molar-refractivity contribution is 6.01. The van der Waals surface area contributed by atoms with Crippen LogP contribution in [0.1, 0.15) is 30.0 Å². The molecule has 0 bridgehead atoms. The van der Waals surface area contributed by atoms with Gasteiger partial charge in [0, 0.05) is 18.7 Å². The van der Waals surface area contributed by atoms with Crippen LogP contribution >= 0.6 is 0 Å². The van der Waals surface area contributed by atoms with Crippen LogP contribution < -0.4 is 5.32 Å². The molecular formula is C21H25N3O2. The van der Waals surface area contributed by atoms with Crippen LogP contribution in [0.5, 0.6) is 0 Å². The number of oxime groups is 1. The first-order valence-electron chi connectivity index (χ1n) is 8.97. The van der Waals surface area contributed by atoms with Gasteiger partial charge in [0.1, 0.15) is 0 Å². The summed E-state index contributed by atoms with van der Waals surface area (Å²) in [6, 6.07) is 15.9. The maximum atomic E-state index is 12.6. The third kappa shape index (κ3) is 4.42. The summed E-state index contributed by atoms with van der Waals surface area (Å²) < 4.78 is 0. The zero-order valence-electron chi connectivity index (χ0n) is 15.5. The van der Waals surface area contributed by atoms with E-state index < -0.39 is 0 Å². The van der Waals surface area contributed by atoms with Crippen LogP contribution in [-0.2, 0) is 4.84 Å². The smallest absolute Gasteiger partial charge is 0.321 e. The predicted octanol–water partition coefficient (Wildman–Crippen LogP) is 4.35. The molecule has 2 aromatic rings. The third-order valence-corrected chi connectivity index (χ3v) is 4.48. The van der Waals surface area contributed by atoms with Gasteiger partial charge in [-0.05, 0) is 44.0 Å². The number of anilines is 1. The first kappa shape index (κ1) is 18.0. The summed E-state index contributed by atoms with van der Waals surface area (Å²) >= 11 is 0. The van der Waals surface area contributed by atoms with Gasteiger partial charge in [-0.15, -0.1) is 0 Å². The second kappa shape index (κ2) is 8.04. The average molecular weight is 351 g/mol. The third-order valence-electron chi connectivity index (χ3n) is 4.48. The number of rotatable bonds is 5. The number of aryl methyl sites for hydroxylation is 2. The van der Waals surface area contributed by atoms with Gasteiger partial charge < -0.3 is 15.1 Å². The van der Waals surface area contributed by atoms with E-state index in [-0.39, 0.29) is 12.1 Å². The summed E-state index contributed by atoms with van der Waals surface area (Å²) in [6.45, 7) is 7.14. The molecule has 1 unspecified atom stereocenters. The van der Waals surface area contributed by atoms with E-state index in [0.717, 1.165) is 22.5 Å². The summed E-state index contributed by atoms with van der Waals surface area (Å²) in [7, 11) is 0. The average Bonchev–Trinajstić information content (AvgIpc) is 3.09. The number of nitrogens with one attached hydrogen (secondary N) is 1. The molecule has 26 heavy (non-hydrogen) atoms. The van der Waals surface area contributed by atoms with E-state index >= 15 is 0 Å². The number of hydrogen-bond acceptors (Lipinski definition) is 3. The number of nitrogens with zero attached hydrogens (tertiary/aromatic N) is 2. The Morgan fingerprint density at radius 3 is 2.65 bits per heavy atom. The van der Waals surface area contributed by atoms with Crippen molar-refractivity contribution in [3.05, 3.63) is 65.2 Å². The highest BCUT2D eigenvalue weighted by Crippen LogP contribution is 2.19. The Balaban J connectivity index is 1.57. The number of likely N-dealkylation sites (N-methyl/N-ethyl adjacent to an activating group) is 1. The lowest BCUT2D eigenvalue weighted by atomic mass is 10.0. The number of amides is 2. The van der Waals surface area contributed by atoms with E-state index in [1.54, 1.807) is 4.90 Å². The molecule has 5 heteroatoms. The largest absolute Gasteiger partial charge is 0.390 e. The van der Waals surface area contributed by atoms with Crippen molar-refractivity contribution >= 4 is 17.4 Å². The fourth-order valence-electron chi connectivity index (χ4n) is 2.97.